The lowest BCUT2D eigenvalue weighted by Crippen LogP contribution is -2.35. The Hall–Kier alpha value is -3.36. The van der Waals surface area contributed by atoms with Crippen LogP contribution in [-0.2, 0) is 11.2 Å². The first-order chi connectivity index (χ1) is 16.0. The van der Waals surface area contributed by atoms with E-state index in [4.69, 9.17) is 32.7 Å². The molecule has 9 heteroatoms. The summed E-state index contributed by atoms with van der Waals surface area (Å²) in [5.74, 6) is 7.01. The lowest BCUT2D eigenvalue weighted by molar-refractivity contribution is -0.120. The van der Waals surface area contributed by atoms with Crippen LogP contribution in [0.3, 0.4) is 0 Å². The molecule has 1 atom stereocenters. The van der Waals surface area contributed by atoms with Gasteiger partial charge in [0.05, 0.1) is 19.8 Å². The number of aromatic amines is 1. The second-order valence-electron chi connectivity index (χ2n) is 7.89. The molecule has 3 aromatic rings. The quantitative estimate of drug-likeness (QED) is 0.192. The second-order valence-corrected chi connectivity index (χ2v) is 8.33. The predicted octanol–water partition coefficient (Wildman–Crippen LogP) is 3.31. The van der Waals surface area contributed by atoms with Crippen molar-refractivity contribution < 1.29 is 14.3 Å². The summed E-state index contributed by atoms with van der Waals surface area (Å²) < 4.78 is 11.5. The number of fused-ring (bicyclic) bond motifs is 3. The van der Waals surface area contributed by atoms with Gasteiger partial charge in [-0.3, -0.25) is 4.79 Å². The number of benzene rings is 2. The van der Waals surface area contributed by atoms with Gasteiger partial charge < -0.3 is 30.1 Å². The van der Waals surface area contributed by atoms with Crippen LogP contribution in [0, 0.1) is 0 Å². The minimum atomic E-state index is -0.255. The highest BCUT2D eigenvalue weighted by Crippen LogP contribution is 2.40. The highest BCUT2D eigenvalue weighted by molar-refractivity contribution is 6.31. The van der Waals surface area contributed by atoms with Crippen LogP contribution in [0.2, 0.25) is 5.02 Å². The number of halogens is 1. The van der Waals surface area contributed by atoms with Gasteiger partial charge in [-0.1, -0.05) is 17.7 Å². The SMILES string of the molecule is COc1cc(C2c3[nH]c4ccc(Cl)cc4c3CCN2C=O)ccc1OCCCN(N)/C=C\N. The van der Waals surface area contributed by atoms with Crippen LogP contribution in [0.5, 0.6) is 11.5 Å². The molecule has 33 heavy (non-hydrogen) atoms. The largest absolute Gasteiger partial charge is 0.493 e. The van der Waals surface area contributed by atoms with E-state index in [9.17, 15) is 4.79 Å². The van der Waals surface area contributed by atoms with Gasteiger partial charge in [-0.2, -0.15) is 0 Å². The number of amides is 1. The fourth-order valence-electron chi connectivity index (χ4n) is 4.34. The van der Waals surface area contributed by atoms with Crippen molar-refractivity contribution in [3.8, 4) is 11.5 Å². The molecule has 1 aromatic heterocycles. The van der Waals surface area contributed by atoms with Crippen LogP contribution < -0.4 is 21.1 Å². The topological polar surface area (TPSA) is 110 Å². The Balaban J connectivity index is 1.60. The van der Waals surface area contributed by atoms with Crippen molar-refractivity contribution in [1.29, 1.82) is 0 Å². The van der Waals surface area contributed by atoms with E-state index < -0.39 is 0 Å². The fraction of sp³-hybridized carbons (Fsp3) is 0.292. The number of nitrogens with zero attached hydrogens (tertiary/aromatic N) is 2. The third kappa shape index (κ3) is 4.72. The first-order valence-corrected chi connectivity index (χ1v) is 11.1. The van der Waals surface area contributed by atoms with E-state index in [1.54, 1.807) is 18.2 Å². The maximum atomic E-state index is 11.9. The Morgan fingerprint density at radius 3 is 2.88 bits per heavy atom. The molecule has 2 heterocycles. The highest BCUT2D eigenvalue weighted by Gasteiger charge is 2.31. The van der Waals surface area contributed by atoms with Crippen LogP contribution in [0.25, 0.3) is 10.9 Å². The number of ether oxygens (including phenoxy) is 2. The molecule has 1 unspecified atom stereocenters. The molecule has 0 spiro atoms. The van der Waals surface area contributed by atoms with Crippen LogP contribution >= 0.6 is 11.6 Å². The summed E-state index contributed by atoms with van der Waals surface area (Å²) in [6.07, 6.45) is 5.38. The van der Waals surface area contributed by atoms with Crippen LogP contribution in [0.15, 0.2) is 48.8 Å². The van der Waals surface area contributed by atoms with Gasteiger partial charge in [0.15, 0.2) is 11.5 Å². The van der Waals surface area contributed by atoms with Gasteiger partial charge in [0.25, 0.3) is 0 Å². The molecule has 0 aliphatic carbocycles. The lowest BCUT2D eigenvalue weighted by Gasteiger charge is -2.33. The molecule has 2 aromatic carbocycles. The number of nitrogens with one attached hydrogen (secondary N) is 1. The summed E-state index contributed by atoms with van der Waals surface area (Å²) in [5.41, 5.74) is 9.46. The first kappa shape index (κ1) is 22.8. The zero-order valence-electron chi connectivity index (χ0n) is 18.5. The Kier molecular flexibility index (Phi) is 6.96. The van der Waals surface area contributed by atoms with Gasteiger partial charge in [-0.05, 0) is 47.9 Å². The van der Waals surface area contributed by atoms with Crippen LogP contribution in [-0.4, -0.2) is 48.1 Å². The molecule has 0 fully saturated rings. The number of H-pyrrole nitrogens is 1. The number of carbonyl (C=O) groups is 1. The number of hydrogen-bond donors (Lipinski definition) is 3. The van der Waals surface area contributed by atoms with E-state index in [2.05, 4.69) is 4.98 Å². The van der Waals surface area contributed by atoms with Crippen molar-refractivity contribution in [3.05, 3.63) is 70.6 Å². The molecule has 8 nitrogen and oxygen atoms in total. The lowest BCUT2D eigenvalue weighted by atomic mass is 9.92. The predicted molar refractivity (Wildman–Crippen MR) is 129 cm³/mol. The Bertz CT molecular complexity index is 1160. The van der Waals surface area contributed by atoms with Gasteiger partial charge in [0, 0.05) is 53.5 Å². The van der Waals surface area contributed by atoms with Crippen molar-refractivity contribution >= 4 is 28.9 Å². The first-order valence-electron chi connectivity index (χ1n) is 10.8. The van der Waals surface area contributed by atoms with E-state index in [1.807, 2.05) is 36.4 Å². The highest BCUT2D eigenvalue weighted by atomic mass is 35.5. The third-order valence-corrected chi connectivity index (χ3v) is 6.10. The van der Waals surface area contributed by atoms with Gasteiger partial charge in [-0.25, -0.2) is 5.84 Å². The van der Waals surface area contributed by atoms with Crippen molar-refractivity contribution in [2.45, 2.75) is 18.9 Å². The Morgan fingerprint density at radius 1 is 1.27 bits per heavy atom. The standard InChI is InChI=1S/C24H28ClN5O3/c1-32-22-13-16(3-6-21(22)33-12-2-9-30(27)11-8-26)24-23-18(7-10-29(24)15-31)19-14-17(25)4-5-20(19)28-23/h3-6,8,11,13-15,24,28H,2,7,9-10,12,26-27H2,1H3/b11-8-. The molecule has 1 aliphatic heterocycles. The second kappa shape index (κ2) is 10.1. The number of methoxy groups -OCH3 is 1. The van der Waals surface area contributed by atoms with Gasteiger partial charge in [-0.15, -0.1) is 0 Å². The number of hydrazine groups is 1. The summed E-state index contributed by atoms with van der Waals surface area (Å²) in [5, 5.41) is 3.29. The van der Waals surface area contributed by atoms with Gasteiger partial charge >= 0.3 is 0 Å². The molecule has 0 radical (unpaired) electrons. The molecule has 5 N–H and O–H groups in total. The minimum Gasteiger partial charge on any atom is -0.493 e. The minimum absolute atomic E-state index is 0.255. The molecular weight excluding hydrogens is 442 g/mol. The maximum Gasteiger partial charge on any atom is 0.210 e. The average Bonchev–Trinajstić information content (AvgIpc) is 3.19. The van der Waals surface area contributed by atoms with Crippen molar-refractivity contribution in [3.63, 3.8) is 0 Å². The number of hydrogen-bond acceptors (Lipinski definition) is 6. The number of carbonyl (C=O) groups excluding carboxylic acids is 1. The molecule has 4 rings (SSSR count). The van der Waals surface area contributed by atoms with Crippen molar-refractivity contribution in [2.75, 3.05) is 26.8 Å². The monoisotopic (exact) mass is 469 g/mol. The van der Waals surface area contributed by atoms with Crippen molar-refractivity contribution in [2.24, 2.45) is 11.6 Å². The molecule has 174 valence electrons. The smallest absolute Gasteiger partial charge is 0.210 e. The molecule has 0 saturated heterocycles. The molecule has 1 aliphatic rings. The zero-order valence-corrected chi connectivity index (χ0v) is 19.2. The summed E-state index contributed by atoms with van der Waals surface area (Å²) in [6, 6.07) is 11.3. The summed E-state index contributed by atoms with van der Waals surface area (Å²) in [4.78, 5) is 17.2. The van der Waals surface area contributed by atoms with Crippen molar-refractivity contribution in [1.82, 2.24) is 14.9 Å². The molecular formula is C24H28ClN5O3. The van der Waals surface area contributed by atoms with E-state index >= 15 is 0 Å². The number of aromatic nitrogens is 1. The maximum absolute atomic E-state index is 11.9. The van der Waals surface area contributed by atoms with Gasteiger partial charge in [0.2, 0.25) is 6.41 Å². The zero-order chi connectivity index (χ0) is 23.4. The van der Waals surface area contributed by atoms with E-state index in [0.717, 1.165) is 35.0 Å². The van der Waals surface area contributed by atoms with Gasteiger partial charge in [0.1, 0.15) is 0 Å². The molecule has 0 saturated carbocycles. The summed E-state index contributed by atoms with van der Waals surface area (Å²) >= 11 is 6.24. The number of nitrogens with two attached hydrogens (primary N) is 2. The summed E-state index contributed by atoms with van der Waals surface area (Å²) in [7, 11) is 1.61. The third-order valence-electron chi connectivity index (χ3n) is 5.86. The number of rotatable bonds is 9. The average molecular weight is 470 g/mol. The summed E-state index contributed by atoms with van der Waals surface area (Å²) in [6.45, 7) is 1.70. The Labute approximate surface area is 197 Å². The van der Waals surface area contributed by atoms with E-state index in [-0.39, 0.29) is 6.04 Å². The van der Waals surface area contributed by atoms with E-state index in [0.29, 0.717) is 42.6 Å². The normalized spacial score (nSPS) is 15.6. The molecule has 1 amide bonds. The van der Waals surface area contributed by atoms with Crippen LogP contribution in [0.4, 0.5) is 0 Å². The van der Waals surface area contributed by atoms with Crippen LogP contribution in [0.1, 0.15) is 29.3 Å². The fourth-order valence-corrected chi connectivity index (χ4v) is 4.51. The van der Waals surface area contributed by atoms with E-state index in [1.165, 1.54) is 16.8 Å². The Morgan fingerprint density at radius 2 is 2.12 bits per heavy atom. The molecule has 0 bridgehead atoms.